The minimum Gasteiger partial charge on any atom is -0.493 e. The van der Waals surface area contributed by atoms with Crippen LogP contribution in [-0.4, -0.2) is 25.3 Å². The van der Waals surface area contributed by atoms with Gasteiger partial charge in [0.25, 0.3) is 0 Å². The summed E-state index contributed by atoms with van der Waals surface area (Å²) in [6.45, 7) is 0. The molecule has 0 unspecified atom stereocenters. The Morgan fingerprint density at radius 3 is 2.54 bits per heavy atom. The van der Waals surface area contributed by atoms with Crippen molar-refractivity contribution >= 4 is 11.7 Å². The molecule has 1 heterocycles. The molecule has 2 fully saturated rings. The van der Waals surface area contributed by atoms with Crippen molar-refractivity contribution in [2.24, 2.45) is 17.8 Å². The van der Waals surface area contributed by atoms with Crippen molar-refractivity contribution in [2.45, 2.75) is 31.2 Å². The van der Waals surface area contributed by atoms with E-state index in [9.17, 15) is 9.90 Å². The molecule has 28 heavy (non-hydrogen) atoms. The standard InChI is InChI=1S/C23H25NO4/c1-27-17-8-4-6-15(22(17)28-2)21-19-13-10-9-12(11-13)18(19)14-5-3-7-16(23(25)26)20(14)24-21/h3-8,12-13,18-19,21,24H,9-11H2,1-2H3,(H,25,26)/t12-,13-,18-,19+,21-/m0/s1. The average Bonchev–Trinajstić information content (AvgIpc) is 3.34. The number of hydrogen-bond acceptors (Lipinski definition) is 4. The van der Waals surface area contributed by atoms with Crippen LogP contribution in [0, 0.1) is 17.8 Å². The average molecular weight is 379 g/mol. The molecular formula is C23H25NO4. The molecule has 2 N–H and O–H groups in total. The lowest BCUT2D eigenvalue weighted by Gasteiger charge is -2.44. The highest BCUT2D eigenvalue weighted by atomic mass is 16.5. The fraction of sp³-hybridized carbons (Fsp3) is 0.435. The summed E-state index contributed by atoms with van der Waals surface area (Å²) in [5.41, 5.74) is 3.36. The van der Waals surface area contributed by atoms with Crippen LogP contribution in [0.3, 0.4) is 0 Å². The van der Waals surface area contributed by atoms with E-state index in [0.29, 0.717) is 35.0 Å². The van der Waals surface area contributed by atoms with E-state index in [2.05, 4.69) is 17.4 Å². The summed E-state index contributed by atoms with van der Waals surface area (Å²) in [5, 5.41) is 13.4. The fourth-order valence-corrected chi connectivity index (χ4v) is 6.16. The summed E-state index contributed by atoms with van der Waals surface area (Å²) in [6.07, 6.45) is 3.73. The second-order valence-electron chi connectivity index (χ2n) is 8.22. The highest BCUT2D eigenvalue weighted by molar-refractivity contribution is 5.95. The smallest absolute Gasteiger partial charge is 0.337 e. The number of benzene rings is 2. The van der Waals surface area contributed by atoms with Crippen LogP contribution < -0.4 is 14.8 Å². The predicted octanol–water partition coefficient (Wildman–Crippen LogP) is 4.70. The number of nitrogens with one attached hydrogen (secondary N) is 1. The van der Waals surface area contributed by atoms with Crippen LogP contribution in [-0.2, 0) is 0 Å². The lowest BCUT2D eigenvalue weighted by molar-refractivity contribution is 0.0697. The third kappa shape index (κ3) is 2.35. The highest BCUT2D eigenvalue weighted by Gasteiger charge is 2.54. The van der Waals surface area contributed by atoms with Gasteiger partial charge in [-0.3, -0.25) is 0 Å². The van der Waals surface area contributed by atoms with Crippen LogP contribution in [0.2, 0.25) is 0 Å². The Morgan fingerprint density at radius 1 is 1.04 bits per heavy atom. The molecule has 0 spiro atoms. The first-order chi connectivity index (χ1) is 13.6. The third-order valence-corrected chi connectivity index (χ3v) is 7.12. The normalized spacial score (nSPS) is 29.6. The number of carboxylic acid groups (broad SMARTS) is 1. The SMILES string of the molecule is COc1cccc([C@@H]2Nc3c(C(=O)O)cccc3[C@@H]3[C@H]4CC[C@@H](C4)[C@H]32)c1OC. The zero-order chi connectivity index (χ0) is 19.4. The monoisotopic (exact) mass is 379 g/mol. The van der Waals surface area contributed by atoms with Crippen molar-refractivity contribution in [1.29, 1.82) is 0 Å². The summed E-state index contributed by atoms with van der Waals surface area (Å²) in [6, 6.07) is 11.7. The second-order valence-corrected chi connectivity index (χ2v) is 8.22. The Bertz CT molecular complexity index is 940. The van der Waals surface area contributed by atoms with E-state index in [4.69, 9.17) is 9.47 Å². The van der Waals surface area contributed by atoms with Crippen molar-refractivity contribution in [2.75, 3.05) is 19.5 Å². The van der Waals surface area contributed by atoms with Gasteiger partial charge in [0.05, 0.1) is 31.5 Å². The predicted molar refractivity (Wildman–Crippen MR) is 106 cm³/mol. The third-order valence-electron chi connectivity index (χ3n) is 7.12. The van der Waals surface area contributed by atoms with Gasteiger partial charge in [0.2, 0.25) is 0 Å². The van der Waals surface area contributed by atoms with Crippen molar-refractivity contribution in [3.63, 3.8) is 0 Å². The minimum atomic E-state index is -0.887. The van der Waals surface area contributed by atoms with E-state index < -0.39 is 5.97 Å². The molecule has 2 saturated carbocycles. The molecule has 0 saturated heterocycles. The van der Waals surface area contributed by atoms with E-state index in [1.807, 2.05) is 18.2 Å². The second kappa shape index (κ2) is 6.43. The molecule has 0 aromatic heterocycles. The maximum atomic E-state index is 11.9. The molecule has 1 aliphatic heterocycles. The topological polar surface area (TPSA) is 67.8 Å². The van der Waals surface area contributed by atoms with E-state index in [0.717, 1.165) is 17.0 Å². The molecule has 5 rings (SSSR count). The van der Waals surface area contributed by atoms with Gasteiger partial charge in [-0.1, -0.05) is 24.3 Å². The summed E-state index contributed by atoms with van der Waals surface area (Å²) in [4.78, 5) is 11.9. The van der Waals surface area contributed by atoms with E-state index in [1.165, 1.54) is 24.8 Å². The number of rotatable bonds is 4. The van der Waals surface area contributed by atoms with E-state index in [-0.39, 0.29) is 6.04 Å². The Hall–Kier alpha value is -2.69. The maximum absolute atomic E-state index is 11.9. The number of hydrogen-bond donors (Lipinski definition) is 2. The van der Waals surface area contributed by atoms with Crippen LogP contribution in [0.15, 0.2) is 36.4 Å². The zero-order valence-corrected chi connectivity index (χ0v) is 16.1. The van der Waals surface area contributed by atoms with Gasteiger partial charge in [-0.2, -0.15) is 0 Å². The first kappa shape index (κ1) is 17.4. The quantitative estimate of drug-likeness (QED) is 0.806. The number of carboxylic acids is 1. The minimum absolute atomic E-state index is 0.0124. The molecule has 2 bridgehead atoms. The summed E-state index contributed by atoms with van der Waals surface area (Å²) in [7, 11) is 3.31. The van der Waals surface area contributed by atoms with E-state index >= 15 is 0 Å². The molecule has 3 aliphatic rings. The summed E-state index contributed by atoms with van der Waals surface area (Å²) >= 11 is 0. The molecular weight excluding hydrogens is 354 g/mol. The molecule has 0 radical (unpaired) electrons. The summed E-state index contributed by atoms with van der Waals surface area (Å²) in [5.74, 6) is 2.69. The molecule has 2 aliphatic carbocycles. The number of fused-ring (bicyclic) bond motifs is 7. The van der Waals surface area contributed by atoms with Gasteiger partial charge in [0.15, 0.2) is 11.5 Å². The van der Waals surface area contributed by atoms with Crippen LogP contribution in [0.1, 0.15) is 52.7 Å². The van der Waals surface area contributed by atoms with Gasteiger partial charge in [-0.05, 0) is 60.6 Å². The van der Waals surface area contributed by atoms with Gasteiger partial charge in [-0.25, -0.2) is 4.79 Å². The van der Waals surface area contributed by atoms with Crippen molar-refractivity contribution in [3.05, 3.63) is 53.1 Å². The largest absolute Gasteiger partial charge is 0.493 e. The molecule has 5 nitrogen and oxygen atoms in total. The number of methoxy groups -OCH3 is 2. The Kier molecular flexibility index (Phi) is 4.00. The Morgan fingerprint density at radius 2 is 1.79 bits per heavy atom. The Labute approximate surface area is 164 Å². The van der Waals surface area contributed by atoms with Gasteiger partial charge in [0.1, 0.15) is 0 Å². The van der Waals surface area contributed by atoms with Crippen LogP contribution in [0.5, 0.6) is 11.5 Å². The number of carbonyl (C=O) groups is 1. The zero-order valence-electron chi connectivity index (χ0n) is 16.1. The molecule has 2 aromatic rings. The number of aromatic carboxylic acids is 1. The maximum Gasteiger partial charge on any atom is 0.337 e. The van der Waals surface area contributed by atoms with Gasteiger partial charge >= 0.3 is 5.97 Å². The van der Waals surface area contributed by atoms with Gasteiger partial charge < -0.3 is 19.9 Å². The molecule has 0 amide bonds. The highest BCUT2D eigenvalue weighted by Crippen LogP contribution is 2.64. The fourth-order valence-electron chi connectivity index (χ4n) is 6.16. The first-order valence-electron chi connectivity index (χ1n) is 9.97. The number of ether oxygens (including phenoxy) is 2. The first-order valence-corrected chi connectivity index (χ1v) is 9.97. The number of para-hydroxylation sites is 2. The molecule has 146 valence electrons. The lowest BCUT2D eigenvalue weighted by atomic mass is 9.67. The van der Waals surface area contributed by atoms with Crippen LogP contribution in [0.25, 0.3) is 0 Å². The molecule has 2 aromatic carbocycles. The molecule has 5 atom stereocenters. The van der Waals surface area contributed by atoms with Crippen molar-refractivity contribution in [3.8, 4) is 11.5 Å². The van der Waals surface area contributed by atoms with Gasteiger partial charge in [-0.15, -0.1) is 0 Å². The Balaban J connectivity index is 1.70. The van der Waals surface area contributed by atoms with Crippen LogP contribution >= 0.6 is 0 Å². The molecule has 5 heteroatoms. The number of anilines is 1. The van der Waals surface area contributed by atoms with E-state index in [1.54, 1.807) is 20.3 Å². The summed E-state index contributed by atoms with van der Waals surface area (Å²) < 4.78 is 11.3. The van der Waals surface area contributed by atoms with Crippen molar-refractivity contribution < 1.29 is 19.4 Å². The lowest BCUT2D eigenvalue weighted by Crippen LogP contribution is -2.36. The van der Waals surface area contributed by atoms with Crippen molar-refractivity contribution in [1.82, 2.24) is 0 Å². The van der Waals surface area contributed by atoms with Gasteiger partial charge in [0, 0.05) is 5.56 Å². The van der Waals surface area contributed by atoms with Crippen LogP contribution in [0.4, 0.5) is 5.69 Å².